The van der Waals surface area contributed by atoms with Crippen molar-refractivity contribution < 1.29 is 18.0 Å². The van der Waals surface area contributed by atoms with Crippen molar-refractivity contribution in [2.75, 3.05) is 13.1 Å². The molecule has 0 aliphatic carbocycles. The van der Waals surface area contributed by atoms with E-state index in [-0.39, 0.29) is 17.3 Å². The fourth-order valence-electron chi connectivity index (χ4n) is 3.49. The van der Waals surface area contributed by atoms with Crippen molar-refractivity contribution >= 4 is 16.8 Å². The van der Waals surface area contributed by atoms with Gasteiger partial charge in [-0.2, -0.15) is 0 Å². The molecule has 1 aliphatic heterocycles. The third-order valence-corrected chi connectivity index (χ3v) is 4.75. The molecule has 1 aliphatic rings. The number of nitrogens with zero attached hydrogens (tertiary/aromatic N) is 1. The second-order valence-corrected chi connectivity index (χ2v) is 6.29. The first-order valence-electron chi connectivity index (χ1n) is 8.04. The van der Waals surface area contributed by atoms with E-state index in [1.165, 1.54) is 18.2 Å². The monoisotopic (exact) mass is 344 g/mol. The Kier molecular flexibility index (Phi) is 3.75. The number of aromatic amines is 1. The highest BCUT2D eigenvalue weighted by Crippen LogP contribution is 2.33. The first kappa shape index (κ1) is 15.7. The summed E-state index contributed by atoms with van der Waals surface area (Å²) in [6.07, 6.45) is 2.57. The van der Waals surface area contributed by atoms with Crippen molar-refractivity contribution in [3.8, 4) is 0 Å². The number of carbonyl (C=O) groups excluding carboxylic acids is 1. The van der Waals surface area contributed by atoms with E-state index in [9.17, 15) is 18.0 Å². The number of H-pyrrole nitrogens is 1. The van der Waals surface area contributed by atoms with Gasteiger partial charge in [0.15, 0.2) is 0 Å². The lowest BCUT2D eigenvalue weighted by molar-refractivity contribution is 0.0786. The molecule has 1 fully saturated rings. The Labute approximate surface area is 142 Å². The molecule has 128 valence electrons. The number of halogens is 3. The minimum atomic E-state index is -0.851. The maximum atomic E-state index is 13.8. The molecule has 3 aromatic rings. The number of likely N-dealkylation sites (tertiary alicyclic amines) is 1. The lowest BCUT2D eigenvalue weighted by atomic mass is 9.98. The summed E-state index contributed by atoms with van der Waals surface area (Å²) in [5.74, 6) is -2.22. The molecule has 4 rings (SSSR count). The van der Waals surface area contributed by atoms with Gasteiger partial charge in [0.2, 0.25) is 0 Å². The lowest BCUT2D eigenvalue weighted by Crippen LogP contribution is -2.29. The highest BCUT2D eigenvalue weighted by Gasteiger charge is 2.30. The van der Waals surface area contributed by atoms with Crippen LogP contribution in [0.1, 0.15) is 28.3 Å². The number of fused-ring (bicyclic) bond motifs is 1. The normalized spacial score (nSPS) is 17.4. The van der Waals surface area contributed by atoms with Crippen LogP contribution < -0.4 is 0 Å². The average molecular weight is 344 g/mol. The number of nitrogens with one attached hydrogen (secondary N) is 1. The zero-order chi connectivity index (χ0) is 17.6. The number of benzene rings is 2. The topological polar surface area (TPSA) is 36.1 Å². The predicted octanol–water partition coefficient (Wildman–Crippen LogP) is 4.21. The van der Waals surface area contributed by atoms with Gasteiger partial charge in [-0.15, -0.1) is 0 Å². The Balaban J connectivity index is 1.57. The highest BCUT2D eigenvalue weighted by atomic mass is 19.1. The van der Waals surface area contributed by atoms with Gasteiger partial charge in [-0.3, -0.25) is 4.79 Å². The van der Waals surface area contributed by atoms with Gasteiger partial charge in [-0.05, 0) is 42.3 Å². The van der Waals surface area contributed by atoms with Crippen LogP contribution in [0.5, 0.6) is 0 Å². The largest absolute Gasteiger partial charge is 0.361 e. The van der Waals surface area contributed by atoms with Crippen molar-refractivity contribution in [3.05, 3.63) is 71.2 Å². The first-order valence-corrected chi connectivity index (χ1v) is 8.04. The predicted molar refractivity (Wildman–Crippen MR) is 87.9 cm³/mol. The molecule has 1 amide bonds. The summed E-state index contributed by atoms with van der Waals surface area (Å²) in [6, 6.07) is 7.54. The van der Waals surface area contributed by atoms with Crippen LogP contribution >= 0.6 is 0 Å². The van der Waals surface area contributed by atoms with Crippen LogP contribution in [0.2, 0.25) is 0 Å². The standard InChI is InChI=1S/C19H15F3N2O/c20-12-2-4-15(17(22)7-12)19(25)24-6-5-11(10-24)16-9-23-18-8-13(21)1-3-14(16)18/h1-4,7-9,11,23H,5-6,10H2. The van der Waals surface area contributed by atoms with Crippen LogP contribution in [-0.4, -0.2) is 28.9 Å². The van der Waals surface area contributed by atoms with E-state index in [1.54, 1.807) is 11.0 Å². The molecule has 0 bridgehead atoms. The Morgan fingerprint density at radius 1 is 1.08 bits per heavy atom. The average Bonchev–Trinajstić information content (AvgIpc) is 3.20. The summed E-state index contributed by atoms with van der Waals surface area (Å²) in [4.78, 5) is 17.1. The van der Waals surface area contributed by atoms with E-state index in [1.807, 2.05) is 6.20 Å². The van der Waals surface area contributed by atoms with E-state index < -0.39 is 17.5 Å². The summed E-state index contributed by atoms with van der Waals surface area (Å²) < 4.78 is 40.2. The maximum Gasteiger partial charge on any atom is 0.256 e. The Morgan fingerprint density at radius 2 is 1.84 bits per heavy atom. The fraction of sp³-hybridized carbons (Fsp3) is 0.211. The Hall–Kier alpha value is -2.76. The van der Waals surface area contributed by atoms with E-state index in [4.69, 9.17) is 0 Å². The van der Waals surface area contributed by atoms with Crippen LogP contribution in [-0.2, 0) is 0 Å². The summed E-state index contributed by atoms with van der Waals surface area (Å²) in [5.41, 5.74) is 1.61. The van der Waals surface area contributed by atoms with Crippen LogP contribution in [0.4, 0.5) is 13.2 Å². The van der Waals surface area contributed by atoms with Gasteiger partial charge in [-0.25, -0.2) is 13.2 Å². The van der Waals surface area contributed by atoms with Crippen molar-refractivity contribution in [1.29, 1.82) is 0 Å². The van der Waals surface area contributed by atoms with Crippen LogP contribution in [0.3, 0.4) is 0 Å². The first-order chi connectivity index (χ1) is 12.0. The minimum Gasteiger partial charge on any atom is -0.361 e. The molecule has 1 N–H and O–H groups in total. The zero-order valence-electron chi connectivity index (χ0n) is 13.2. The molecular weight excluding hydrogens is 329 g/mol. The van der Waals surface area contributed by atoms with Crippen LogP contribution in [0.15, 0.2) is 42.6 Å². The quantitative estimate of drug-likeness (QED) is 0.743. The van der Waals surface area contributed by atoms with Gasteiger partial charge in [0.25, 0.3) is 5.91 Å². The molecule has 0 radical (unpaired) electrons. The van der Waals surface area contributed by atoms with Crippen molar-refractivity contribution in [2.45, 2.75) is 12.3 Å². The summed E-state index contributed by atoms with van der Waals surface area (Å²) in [7, 11) is 0. The number of hydrogen-bond acceptors (Lipinski definition) is 1. The van der Waals surface area contributed by atoms with Crippen molar-refractivity contribution in [3.63, 3.8) is 0 Å². The second kappa shape index (κ2) is 5.95. The molecule has 1 aromatic heterocycles. The molecule has 6 heteroatoms. The molecule has 0 spiro atoms. The summed E-state index contributed by atoms with van der Waals surface area (Å²) in [6.45, 7) is 0.939. The van der Waals surface area contributed by atoms with Gasteiger partial charge in [0, 0.05) is 42.2 Å². The Morgan fingerprint density at radius 3 is 2.64 bits per heavy atom. The number of aromatic nitrogens is 1. The Bertz CT molecular complexity index is 966. The van der Waals surface area contributed by atoms with Gasteiger partial charge >= 0.3 is 0 Å². The van der Waals surface area contributed by atoms with Gasteiger partial charge in [-0.1, -0.05) is 0 Å². The van der Waals surface area contributed by atoms with Gasteiger partial charge in [0.05, 0.1) is 5.56 Å². The van der Waals surface area contributed by atoms with Gasteiger partial charge in [0.1, 0.15) is 17.5 Å². The molecule has 1 saturated heterocycles. The molecule has 2 heterocycles. The lowest BCUT2D eigenvalue weighted by Gasteiger charge is -2.17. The zero-order valence-corrected chi connectivity index (χ0v) is 13.2. The molecule has 2 aromatic carbocycles. The fourth-order valence-corrected chi connectivity index (χ4v) is 3.49. The molecule has 0 saturated carbocycles. The SMILES string of the molecule is O=C(c1ccc(F)cc1F)N1CCC(c2c[nH]c3cc(F)ccc23)C1. The van der Waals surface area contributed by atoms with Gasteiger partial charge < -0.3 is 9.88 Å². The van der Waals surface area contributed by atoms with E-state index in [2.05, 4.69) is 4.98 Å². The summed E-state index contributed by atoms with van der Waals surface area (Å²) >= 11 is 0. The van der Waals surface area contributed by atoms with Crippen LogP contribution in [0.25, 0.3) is 10.9 Å². The van der Waals surface area contributed by atoms with Crippen LogP contribution in [0, 0.1) is 17.5 Å². The van der Waals surface area contributed by atoms with E-state index in [0.717, 1.165) is 29.5 Å². The molecule has 1 unspecified atom stereocenters. The third-order valence-electron chi connectivity index (χ3n) is 4.75. The number of carbonyl (C=O) groups is 1. The number of amides is 1. The molecule has 25 heavy (non-hydrogen) atoms. The highest BCUT2D eigenvalue weighted by molar-refractivity contribution is 5.95. The smallest absolute Gasteiger partial charge is 0.256 e. The van der Waals surface area contributed by atoms with Crippen molar-refractivity contribution in [2.24, 2.45) is 0 Å². The third kappa shape index (κ3) is 2.77. The number of hydrogen-bond donors (Lipinski definition) is 1. The summed E-state index contributed by atoms with van der Waals surface area (Å²) in [5, 5.41) is 0.925. The second-order valence-electron chi connectivity index (χ2n) is 6.29. The minimum absolute atomic E-state index is 0.0895. The molecular formula is C19H15F3N2O. The molecule has 3 nitrogen and oxygen atoms in total. The number of rotatable bonds is 2. The van der Waals surface area contributed by atoms with Crippen molar-refractivity contribution in [1.82, 2.24) is 9.88 Å². The van der Waals surface area contributed by atoms with E-state index >= 15 is 0 Å². The van der Waals surface area contributed by atoms with E-state index in [0.29, 0.717) is 18.6 Å². The molecule has 1 atom stereocenters. The maximum absolute atomic E-state index is 13.8.